The molecule has 1 heterocycles. The van der Waals surface area contributed by atoms with Crippen LogP contribution in [0.15, 0.2) is 33.3 Å². The Balaban J connectivity index is 1.90. The van der Waals surface area contributed by atoms with Gasteiger partial charge in [-0.3, -0.25) is 4.79 Å². The molecular weight excluding hydrogens is 336 g/mol. The zero-order valence-corrected chi connectivity index (χ0v) is 13.2. The molecule has 0 aliphatic heterocycles. The molecule has 0 radical (unpaired) electrons. The highest BCUT2D eigenvalue weighted by molar-refractivity contribution is 9.10. The Labute approximate surface area is 130 Å². The highest BCUT2D eigenvalue weighted by Gasteiger charge is 2.51. The predicted octanol–water partition coefficient (Wildman–Crippen LogP) is 3.48. The molecule has 6 heteroatoms. The van der Waals surface area contributed by atoms with Crippen molar-refractivity contribution in [3.63, 3.8) is 0 Å². The Hall–Kier alpha value is -1.69. The van der Waals surface area contributed by atoms with Crippen molar-refractivity contribution in [2.75, 3.05) is 6.61 Å². The topological polar surface area (TPSA) is 65.2 Å². The number of hydrogen-bond donors (Lipinski definition) is 0. The van der Waals surface area contributed by atoms with Crippen molar-refractivity contribution in [2.24, 2.45) is 0 Å². The van der Waals surface area contributed by atoms with Crippen molar-refractivity contribution < 1.29 is 14.1 Å². The minimum Gasteiger partial charge on any atom is -0.465 e. The molecule has 5 nitrogen and oxygen atoms in total. The van der Waals surface area contributed by atoms with Gasteiger partial charge in [-0.1, -0.05) is 27.5 Å². The average Bonchev–Trinajstić information content (AvgIpc) is 2.88. The molecule has 1 saturated carbocycles. The summed E-state index contributed by atoms with van der Waals surface area (Å²) in [7, 11) is 0. The van der Waals surface area contributed by atoms with Crippen LogP contribution in [0.25, 0.3) is 11.4 Å². The molecule has 1 fully saturated rings. The first-order valence-electron chi connectivity index (χ1n) is 6.93. The van der Waals surface area contributed by atoms with Crippen LogP contribution in [0.4, 0.5) is 0 Å². The molecule has 0 spiro atoms. The van der Waals surface area contributed by atoms with Crippen molar-refractivity contribution >= 4 is 21.9 Å². The third kappa shape index (κ3) is 2.48. The van der Waals surface area contributed by atoms with E-state index in [1.807, 2.05) is 24.3 Å². The molecule has 0 saturated heterocycles. The number of nitrogens with zero attached hydrogens (tertiary/aromatic N) is 2. The summed E-state index contributed by atoms with van der Waals surface area (Å²) in [6, 6.07) is 7.62. The fraction of sp³-hybridized carbons (Fsp3) is 0.400. The lowest BCUT2D eigenvalue weighted by Gasteiger charge is -2.35. The second-order valence-corrected chi connectivity index (χ2v) is 6.00. The summed E-state index contributed by atoms with van der Waals surface area (Å²) >= 11 is 3.39. The van der Waals surface area contributed by atoms with Gasteiger partial charge in [0.15, 0.2) is 0 Å². The lowest BCUT2D eigenvalue weighted by Crippen LogP contribution is -2.44. The van der Waals surface area contributed by atoms with Crippen LogP contribution < -0.4 is 0 Å². The Morgan fingerprint density at radius 1 is 1.38 bits per heavy atom. The largest absolute Gasteiger partial charge is 0.465 e. The SMILES string of the molecule is CCOC(=O)C1(c2nc(-c3ccc(Br)cc3)no2)CCC1. The number of carbonyl (C=O) groups is 1. The van der Waals surface area contributed by atoms with Gasteiger partial charge in [0.1, 0.15) is 5.41 Å². The lowest BCUT2D eigenvalue weighted by molar-refractivity contribution is -0.155. The van der Waals surface area contributed by atoms with Gasteiger partial charge in [0.2, 0.25) is 11.7 Å². The minimum atomic E-state index is -0.739. The smallest absolute Gasteiger partial charge is 0.321 e. The number of halogens is 1. The summed E-state index contributed by atoms with van der Waals surface area (Å²) in [6.07, 6.45) is 2.37. The maximum absolute atomic E-state index is 12.2. The predicted molar refractivity (Wildman–Crippen MR) is 79.6 cm³/mol. The first kappa shape index (κ1) is 14.3. The van der Waals surface area contributed by atoms with Gasteiger partial charge >= 0.3 is 5.97 Å². The molecule has 0 atom stereocenters. The molecule has 3 rings (SSSR count). The molecule has 0 amide bonds. The van der Waals surface area contributed by atoms with Crippen LogP contribution in [0.3, 0.4) is 0 Å². The van der Waals surface area contributed by atoms with Gasteiger partial charge in [0, 0.05) is 10.0 Å². The number of hydrogen-bond acceptors (Lipinski definition) is 5. The molecule has 1 aromatic heterocycles. The number of ether oxygens (including phenoxy) is 1. The number of benzene rings is 1. The Kier molecular flexibility index (Phi) is 3.80. The van der Waals surface area contributed by atoms with Gasteiger partial charge < -0.3 is 9.26 Å². The van der Waals surface area contributed by atoms with E-state index in [2.05, 4.69) is 26.1 Å². The standard InChI is InChI=1S/C15H15BrN2O3/c1-2-20-14(19)15(8-3-9-15)13-17-12(18-21-13)10-4-6-11(16)7-5-10/h4-7H,2-3,8-9H2,1H3. The van der Waals surface area contributed by atoms with E-state index in [1.165, 1.54) is 0 Å². The van der Waals surface area contributed by atoms with E-state index < -0.39 is 5.41 Å². The van der Waals surface area contributed by atoms with Gasteiger partial charge in [-0.25, -0.2) is 0 Å². The van der Waals surface area contributed by atoms with Crippen molar-refractivity contribution in [2.45, 2.75) is 31.6 Å². The molecule has 21 heavy (non-hydrogen) atoms. The fourth-order valence-electron chi connectivity index (χ4n) is 2.44. The number of esters is 1. The summed E-state index contributed by atoms with van der Waals surface area (Å²) in [5.74, 6) is 0.598. The number of rotatable bonds is 4. The van der Waals surface area contributed by atoms with E-state index in [0.717, 1.165) is 16.5 Å². The van der Waals surface area contributed by atoms with Gasteiger partial charge in [-0.05, 0) is 44.0 Å². The van der Waals surface area contributed by atoms with Gasteiger partial charge in [-0.15, -0.1) is 0 Å². The molecule has 0 N–H and O–H groups in total. The van der Waals surface area contributed by atoms with Crippen molar-refractivity contribution in [1.82, 2.24) is 10.1 Å². The summed E-state index contributed by atoms with van der Waals surface area (Å²) in [5, 5.41) is 4.00. The molecule has 1 aliphatic carbocycles. The maximum Gasteiger partial charge on any atom is 0.321 e. The molecule has 1 aliphatic rings. The van der Waals surface area contributed by atoms with E-state index >= 15 is 0 Å². The maximum atomic E-state index is 12.2. The summed E-state index contributed by atoms with van der Waals surface area (Å²) < 4.78 is 11.5. The number of aromatic nitrogens is 2. The summed E-state index contributed by atoms with van der Waals surface area (Å²) in [6.45, 7) is 2.15. The highest BCUT2D eigenvalue weighted by atomic mass is 79.9. The highest BCUT2D eigenvalue weighted by Crippen LogP contribution is 2.44. The van der Waals surface area contributed by atoms with E-state index in [9.17, 15) is 4.79 Å². The van der Waals surface area contributed by atoms with Crippen LogP contribution in [-0.4, -0.2) is 22.7 Å². The van der Waals surface area contributed by atoms with Crippen LogP contribution in [0.2, 0.25) is 0 Å². The summed E-state index contributed by atoms with van der Waals surface area (Å²) in [4.78, 5) is 16.6. The fourth-order valence-corrected chi connectivity index (χ4v) is 2.70. The van der Waals surface area contributed by atoms with E-state index in [4.69, 9.17) is 9.26 Å². The van der Waals surface area contributed by atoms with E-state index in [1.54, 1.807) is 6.92 Å². The first-order chi connectivity index (χ1) is 10.2. The quantitative estimate of drug-likeness (QED) is 0.789. The van der Waals surface area contributed by atoms with Gasteiger partial charge in [-0.2, -0.15) is 4.98 Å². The summed E-state index contributed by atoms with van der Waals surface area (Å²) in [5.41, 5.74) is 0.114. The number of carbonyl (C=O) groups excluding carboxylic acids is 1. The third-order valence-electron chi connectivity index (χ3n) is 3.81. The average molecular weight is 351 g/mol. The lowest BCUT2D eigenvalue weighted by atomic mass is 9.68. The van der Waals surface area contributed by atoms with Crippen LogP contribution >= 0.6 is 15.9 Å². The van der Waals surface area contributed by atoms with Gasteiger partial charge in [0.25, 0.3) is 0 Å². The normalized spacial score (nSPS) is 16.3. The van der Waals surface area contributed by atoms with E-state index in [-0.39, 0.29) is 5.97 Å². The van der Waals surface area contributed by atoms with Gasteiger partial charge in [0.05, 0.1) is 6.61 Å². The van der Waals surface area contributed by atoms with Crippen molar-refractivity contribution in [1.29, 1.82) is 0 Å². The Morgan fingerprint density at radius 3 is 2.67 bits per heavy atom. The second-order valence-electron chi connectivity index (χ2n) is 5.09. The molecule has 0 bridgehead atoms. The van der Waals surface area contributed by atoms with Crippen LogP contribution in [-0.2, 0) is 14.9 Å². The molecule has 0 unspecified atom stereocenters. The first-order valence-corrected chi connectivity index (χ1v) is 7.72. The molecule has 2 aromatic rings. The zero-order chi connectivity index (χ0) is 14.9. The van der Waals surface area contributed by atoms with Crippen LogP contribution in [0.1, 0.15) is 32.1 Å². The van der Waals surface area contributed by atoms with Crippen LogP contribution in [0.5, 0.6) is 0 Å². The third-order valence-corrected chi connectivity index (χ3v) is 4.34. The van der Waals surface area contributed by atoms with E-state index in [0.29, 0.717) is 31.2 Å². The van der Waals surface area contributed by atoms with Crippen molar-refractivity contribution in [3.05, 3.63) is 34.6 Å². The monoisotopic (exact) mass is 350 g/mol. The minimum absolute atomic E-state index is 0.262. The zero-order valence-electron chi connectivity index (χ0n) is 11.6. The molecule has 110 valence electrons. The molecule has 1 aromatic carbocycles. The second kappa shape index (κ2) is 5.60. The Bertz CT molecular complexity index is 647. The Morgan fingerprint density at radius 2 is 2.10 bits per heavy atom. The molecular formula is C15H15BrN2O3. The van der Waals surface area contributed by atoms with Crippen molar-refractivity contribution in [3.8, 4) is 11.4 Å². The van der Waals surface area contributed by atoms with Crippen LogP contribution in [0, 0.1) is 0 Å².